The molecule has 0 spiro atoms. The summed E-state index contributed by atoms with van der Waals surface area (Å²) in [6, 6.07) is 21.2. The summed E-state index contributed by atoms with van der Waals surface area (Å²) in [5.74, 6) is 2.25. The van der Waals surface area contributed by atoms with Crippen molar-refractivity contribution < 1.29 is 4.39 Å². The van der Waals surface area contributed by atoms with Crippen molar-refractivity contribution in [1.82, 2.24) is 20.2 Å². The second kappa shape index (κ2) is 11.4. The summed E-state index contributed by atoms with van der Waals surface area (Å²) in [5, 5.41) is 8.80. The number of imidazole rings is 1. The summed E-state index contributed by atoms with van der Waals surface area (Å²) in [6.45, 7) is 7.19. The second-order valence-electron chi connectivity index (χ2n) is 9.52. The molecule has 6 nitrogen and oxygen atoms in total. The Morgan fingerprint density at radius 1 is 1.11 bits per heavy atom. The smallest absolute Gasteiger partial charge is 0.142 e. The van der Waals surface area contributed by atoms with Crippen LogP contribution in [0.3, 0.4) is 0 Å². The third-order valence-electron chi connectivity index (χ3n) is 7.07. The Kier molecular flexibility index (Phi) is 7.61. The molecule has 0 unspecified atom stereocenters. The van der Waals surface area contributed by atoms with E-state index in [1.165, 1.54) is 18.9 Å². The van der Waals surface area contributed by atoms with Gasteiger partial charge in [0.1, 0.15) is 29.0 Å². The van der Waals surface area contributed by atoms with Crippen molar-refractivity contribution in [1.29, 1.82) is 0 Å². The molecule has 0 atom stereocenters. The summed E-state index contributed by atoms with van der Waals surface area (Å²) in [6.07, 6.45) is 5.05. The number of benzene rings is 3. The molecule has 0 radical (unpaired) electrons. The molecule has 0 aliphatic carbocycles. The number of aliphatic imine (C=N–C) groups is 1. The van der Waals surface area contributed by atoms with Crippen LogP contribution in [0.4, 0.5) is 10.2 Å². The lowest BCUT2D eigenvalue weighted by atomic mass is 9.94. The Hall–Kier alpha value is -3.97. The van der Waals surface area contributed by atoms with E-state index in [9.17, 15) is 4.39 Å². The van der Waals surface area contributed by atoms with E-state index in [0.29, 0.717) is 35.4 Å². The van der Waals surface area contributed by atoms with E-state index >= 15 is 0 Å². The van der Waals surface area contributed by atoms with Gasteiger partial charge in [0, 0.05) is 24.2 Å². The van der Waals surface area contributed by atoms with Gasteiger partial charge >= 0.3 is 0 Å². The maximum absolute atomic E-state index is 13.9. The van der Waals surface area contributed by atoms with Gasteiger partial charge in [0.25, 0.3) is 0 Å². The third kappa shape index (κ3) is 5.73. The Morgan fingerprint density at radius 2 is 1.86 bits per heavy atom. The number of fused-ring (bicyclic) bond motifs is 1. The van der Waals surface area contributed by atoms with Crippen LogP contribution < -0.4 is 16.4 Å². The minimum atomic E-state index is -0.261. The number of nitrogens with one attached hydrogen (secondary N) is 2. The molecule has 190 valence electrons. The number of hydrogen-bond donors (Lipinski definition) is 3. The molecule has 7 heteroatoms. The van der Waals surface area contributed by atoms with Gasteiger partial charge in [0.15, 0.2) is 0 Å². The summed E-state index contributed by atoms with van der Waals surface area (Å²) in [5.41, 5.74) is 8.87. The van der Waals surface area contributed by atoms with Gasteiger partial charge in [-0.2, -0.15) is 0 Å². The Bertz CT molecular complexity index is 1410. The number of nitrogens with zero attached hydrogens (tertiary/aromatic N) is 3. The molecule has 4 aromatic rings. The highest BCUT2D eigenvalue weighted by atomic mass is 19.1. The van der Waals surface area contributed by atoms with E-state index in [1.54, 1.807) is 24.4 Å². The SMILES string of the molecule is C=C(/N=C\c1nc(-c2cccc3ccccc23)n(CCC2CCNCC2)c1N)NCc1ccccc1F. The van der Waals surface area contributed by atoms with Gasteiger partial charge in [-0.1, -0.05) is 67.2 Å². The molecule has 1 aliphatic rings. The third-order valence-corrected chi connectivity index (χ3v) is 7.07. The highest BCUT2D eigenvalue weighted by Gasteiger charge is 2.19. The van der Waals surface area contributed by atoms with Crippen LogP contribution in [0.15, 0.2) is 84.1 Å². The fraction of sp³-hybridized carbons (Fsp3) is 0.267. The van der Waals surface area contributed by atoms with Crippen molar-refractivity contribution in [3.8, 4) is 11.4 Å². The lowest BCUT2D eigenvalue weighted by Crippen LogP contribution is -2.28. The van der Waals surface area contributed by atoms with Crippen molar-refractivity contribution >= 4 is 22.8 Å². The van der Waals surface area contributed by atoms with Crippen LogP contribution in [0.5, 0.6) is 0 Å². The molecule has 1 aromatic heterocycles. The van der Waals surface area contributed by atoms with Gasteiger partial charge in [-0.15, -0.1) is 0 Å². The van der Waals surface area contributed by atoms with E-state index in [1.807, 2.05) is 12.1 Å². The Labute approximate surface area is 217 Å². The maximum atomic E-state index is 13.9. The van der Waals surface area contributed by atoms with Gasteiger partial charge < -0.3 is 20.9 Å². The summed E-state index contributed by atoms with van der Waals surface area (Å²) >= 11 is 0. The number of halogens is 1. The first-order valence-corrected chi connectivity index (χ1v) is 12.9. The zero-order chi connectivity index (χ0) is 25.6. The molecule has 37 heavy (non-hydrogen) atoms. The number of nitrogens with two attached hydrogens (primary N) is 1. The fourth-order valence-electron chi connectivity index (χ4n) is 4.94. The van der Waals surface area contributed by atoms with Gasteiger partial charge in [-0.25, -0.2) is 14.4 Å². The lowest BCUT2D eigenvalue weighted by Gasteiger charge is -2.23. The van der Waals surface area contributed by atoms with Crippen molar-refractivity contribution in [3.05, 3.63) is 96.2 Å². The zero-order valence-electron chi connectivity index (χ0n) is 21.0. The van der Waals surface area contributed by atoms with Crippen molar-refractivity contribution in [2.75, 3.05) is 18.8 Å². The number of anilines is 1. The number of rotatable bonds is 9. The number of aromatic nitrogens is 2. The van der Waals surface area contributed by atoms with Gasteiger partial charge in [-0.3, -0.25) is 0 Å². The van der Waals surface area contributed by atoms with Crippen LogP contribution in [-0.2, 0) is 13.1 Å². The molecule has 4 N–H and O–H groups in total. The second-order valence-corrected chi connectivity index (χ2v) is 9.52. The fourth-order valence-corrected chi connectivity index (χ4v) is 4.94. The van der Waals surface area contributed by atoms with Gasteiger partial charge in [-0.05, 0) is 55.1 Å². The van der Waals surface area contributed by atoms with E-state index in [0.717, 1.165) is 48.2 Å². The summed E-state index contributed by atoms with van der Waals surface area (Å²) in [7, 11) is 0. The van der Waals surface area contributed by atoms with Gasteiger partial charge in [0.2, 0.25) is 0 Å². The molecule has 1 aliphatic heterocycles. The first kappa shape index (κ1) is 24.7. The monoisotopic (exact) mass is 496 g/mol. The molecule has 5 rings (SSSR count). The first-order chi connectivity index (χ1) is 18.1. The normalized spacial score (nSPS) is 14.4. The molecule has 0 bridgehead atoms. The number of piperidine rings is 1. The van der Waals surface area contributed by atoms with E-state index < -0.39 is 0 Å². The average molecular weight is 497 g/mol. The Balaban J connectivity index is 1.41. The molecule has 1 saturated heterocycles. The van der Waals surface area contributed by atoms with Crippen LogP contribution in [0.25, 0.3) is 22.2 Å². The summed E-state index contributed by atoms with van der Waals surface area (Å²) < 4.78 is 16.1. The Morgan fingerprint density at radius 3 is 2.70 bits per heavy atom. The molecular weight excluding hydrogens is 463 g/mol. The molecule has 0 saturated carbocycles. The predicted octanol–water partition coefficient (Wildman–Crippen LogP) is 5.49. The molecule has 3 aromatic carbocycles. The minimum absolute atomic E-state index is 0.261. The standard InChI is InChI=1S/C30H33FN6/c1-21(34-19-24-8-3-5-12-27(24)31)35-20-28-29(32)37(18-15-22-13-16-33-17-14-22)30(36-28)26-11-6-9-23-7-2-4-10-25(23)26/h2-12,20,22,33-34H,1,13-19,32H2/b35-20-. The van der Waals surface area contributed by atoms with Crippen LogP contribution >= 0.6 is 0 Å². The van der Waals surface area contributed by atoms with Gasteiger partial charge in [0.05, 0.1) is 6.21 Å². The lowest BCUT2D eigenvalue weighted by molar-refractivity contribution is 0.339. The van der Waals surface area contributed by atoms with Crippen molar-refractivity contribution in [2.24, 2.45) is 10.9 Å². The topological polar surface area (TPSA) is 80.3 Å². The van der Waals surface area contributed by atoms with Crippen molar-refractivity contribution in [2.45, 2.75) is 32.4 Å². The van der Waals surface area contributed by atoms with Crippen LogP contribution in [0.1, 0.15) is 30.5 Å². The zero-order valence-corrected chi connectivity index (χ0v) is 21.0. The molecule has 0 amide bonds. The van der Waals surface area contributed by atoms with Crippen LogP contribution in [0.2, 0.25) is 0 Å². The maximum Gasteiger partial charge on any atom is 0.142 e. The highest BCUT2D eigenvalue weighted by molar-refractivity contribution is 5.96. The van der Waals surface area contributed by atoms with Crippen LogP contribution in [0, 0.1) is 11.7 Å². The first-order valence-electron chi connectivity index (χ1n) is 12.9. The predicted molar refractivity (Wildman–Crippen MR) is 150 cm³/mol. The number of hydrogen-bond acceptors (Lipinski definition) is 5. The molecular formula is C30H33FN6. The van der Waals surface area contributed by atoms with E-state index in [-0.39, 0.29) is 5.82 Å². The molecule has 2 heterocycles. The summed E-state index contributed by atoms with van der Waals surface area (Å²) in [4.78, 5) is 9.39. The van der Waals surface area contributed by atoms with E-state index in [2.05, 4.69) is 57.1 Å². The average Bonchev–Trinajstić information content (AvgIpc) is 3.25. The minimum Gasteiger partial charge on any atom is -0.383 e. The van der Waals surface area contributed by atoms with Crippen LogP contribution in [-0.4, -0.2) is 28.9 Å². The highest BCUT2D eigenvalue weighted by Crippen LogP contribution is 2.31. The quantitative estimate of drug-likeness (QED) is 0.268. The largest absolute Gasteiger partial charge is 0.383 e. The number of nitrogen functional groups attached to an aromatic ring is 1. The van der Waals surface area contributed by atoms with Crippen molar-refractivity contribution in [3.63, 3.8) is 0 Å². The molecule has 1 fully saturated rings. The van der Waals surface area contributed by atoms with E-state index in [4.69, 9.17) is 10.7 Å².